The quantitative estimate of drug-likeness (QED) is 0.857. The summed E-state index contributed by atoms with van der Waals surface area (Å²) in [5, 5.41) is 8.06. The minimum atomic E-state index is 0.0458. The van der Waals surface area contributed by atoms with E-state index in [4.69, 9.17) is 16.3 Å². The Kier molecular flexibility index (Phi) is 6.23. The van der Waals surface area contributed by atoms with Crippen molar-refractivity contribution in [3.8, 4) is 0 Å². The van der Waals surface area contributed by atoms with Crippen LogP contribution in [0.25, 0.3) is 0 Å². The van der Waals surface area contributed by atoms with Crippen molar-refractivity contribution in [3.05, 3.63) is 16.4 Å². The molecule has 1 N–H and O–H groups in total. The fraction of sp³-hybridized carbons (Fsp3) is 0.733. The lowest BCUT2D eigenvalue weighted by Crippen LogP contribution is -2.46. The number of rotatable bonds is 6. The Morgan fingerprint density at radius 3 is 2.68 bits per heavy atom. The summed E-state index contributed by atoms with van der Waals surface area (Å²) < 4.78 is 7.12. The zero-order chi connectivity index (χ0) is 16.1. The highest BCUT2D eigenvalue weighted by atomic mass is 35.5. The lowest BCUT2D eigenvalue weighted by molar-refractivity contribution is -0.122. The standard InChI is InChI=1S/C15H25ClN4O2/c1-11(10-19-6-8-22-9-7-19)17-14(21)4-5-20-13(3)15(16)12(2)18-20/h11H,4-10H2,1-3H3,(H,17,21)/t11-/m1/s1. The molecule has 1 amide bonds. The summed E-state index contributed by atoms with van der Waals surface area (Å²) in [6, 6.07) is 0.134. The first-order chi connectivity index (χ1) is 10.5. The number of carbonyl (C=O) groups is 1. The van der Waals surface area contributed by atoms with Crippen LogP contribution >= 0.6 is 11.6 Å². The van der Waals surface area contributed by atoms with E-state index in [0.717, 1.165) is 44.2 Å². The predicted octanol–water partition coefficient (Wildman–Crippen LogP) is 1.38. The number of halogens is 1. The number of carbonyl (C=O) groups excluding carboxylic acids is 1. The monoisotopic (exact) mass is 328 g/mol. The van der Waals surface area contributed by atoms with Crippen LogP contribution in [-0.4, -0.2) is 59.5 Å². The van der Waals surface area contributed by atoms with Crippen LogP contribution < -0.4 is 5.32 Å². The Bertz CT molecular complexity index is 512. The van der Waals surface area contributed by atoms with Crippen molar-refractivity contribution < 1.29 is 9.53 Å². The van der Waals surface area contributed by atoms with Gasteiger partial charge in [0.2, 0.25) is 5.91 Å². The second-order valence-electron chi connectivity index (χ2n) is 5.84. The number of hydrogen-bond acceptors (Lipinski definition) is 4. The molecular weight excluding hydrogens is 304 g/mol. The van der Waals surface area contributed by atoms with Crippen molar-refractivity contribution in [2.24, 2.45) is 0 Å². The van der Waals surface area contributed by atoms with Crippen molar-refractivity contribution in [2.75, 3.05) is 32.8 Å². The SMILES string of the molecule is Cc1nn(CCC(=O)N[C@H](C)CN2CCOCC2)c(C)c1Cl. The number of ether oxygens (including phenoxy) is 1. The Morgan fingerprint density at radius 2 is 2.09 bits per heavy atom. The maximum atomic E-state index is 12.0. The molecular formula is C15H25ClN4O2. The van der Waals surface area contributed by atoms with E-state index in [0.29, 0.717) is 18.0 Å². The molecule has 0 radical (unpaired) electrons. The molecule has 1 atom stereocenters. The lowest BCUT2D eigenvalue weighted by atomic mass is 10.2. The third-order valence-corrected chi connectivity index (χ3v) is 4.43. The highest BCUT2D eigenvalue weighted by molar-refractivity contribution is 6.31. The molecule has 7 heteroatoms. The molecule has 1 saturated heterocycles. The molecule has 0 spiro atoms. The van der Waals surface area contributed by atoms with Gasteiger partial charge in [0, 0.05) is 32.1 Å². The van der Waals surface area contributed by atoms with Gasteiger partial charge in [-0.2, -0.15) is 5.10 Å². The number of morpholine rings is 1. The van der Waals surface area contributed by atoms with Crippen LogP contribution in [0.3, 0.4) is 0 Å². The molecule has 0 aromatic carbocycles. The van der Waals surface area contributed by atoms with E-state index in [1.807, 2.05) is 20.8 Å². The van der Waals surface area contributed by atoms with E-state index in [1.165, 1.54) is 0 Å². The molecule has 1 aromatic heterocycles. The van der Waals surface area contributed by atoms with E-state index in [-0.39, 0.29) is 11.9 Å². The molecule has 0 aliphatic carbocycles. The molecule has 1 aliphatic rings. The summed E-state index contributed by atoms with van der Waals surface area (Å²) in [5.41, 5.74) is 1.72. The Hall–Kier alpha value is -1.11. The van der Waals surface area contributed by atoms with E-state index < -0.39 is 0 Å². The van der Waals surface area contributed by atoms with Crippen LogP contribution in [0.5, 0.6) is 0 Å². The van der Waals surface area contributed by atoms with Gasteiger partial charge < -0.3 is 10.1 Å². The highest BCUT2D eigenvalue weighted by Gasteiger charge is 2.16. The zero-order valence-corrected chi connectivity index (χ0v) is 14.3. The lowest BCUT2D eigenvalue weighted by Gasteiger charge is -2.29. The number of nitrogens with zero attached hydrogens (tertiary/aromatic N) is 3. The van der Waals surface area contributed by atoms with Gasteiger partial charge in [-0.1, -0.05) is 11.6 Å². The number of hydrogen-bond donors (Lipinski definition) is 1. The molecule has 1 aromatic rings. The van der Waals surface area contributed by atoms with Gasteiger partial charge in [0.05, 0.1) is 36.2 Å². The van der Waals surface area contributed by atoms with Crippen LogP contribution in [0, 0.1) is 13.8 Å². The largest absolute Gasteiger partial charge is 0.379 e. The first-order valence-electron chi connectivity index (χ1n) is 7.76. The number of amides is 1. The third-order valence-electron chi connectivity index (χ3n) is 3.89. The highest BCUT2D eigenvalue weighted by Crippen LogP contribution is 2.18. The van der Waals surface area contributed by atoms with Crippen LogP contribution in [0.1, 0.15) is 24.7 Å². The topological polar surface area (TPSA) is 59.4 Å². The molecule has 0 unspecified atom stereocenters. The van der Waals surface area contributed by atoms with Gasteiger partial charge in [-0.05, 0) is 20.8 Å². The van der Waals surface area contributed by atoms with Gasteiger partial charge in [-0.25, -0.2) is 0 Å². The maximum absolute atomic E-state index is 12.0. The van der Waals surface area contributed by atoms with E-state index >= 15 is 0 Å². The zero-order valence-electron chi connectivity index (χ0n) is 13.6. The van der Waals surface area contributed by atoms with Crippen LogP contribution in [-0.2, 0) is 16.1 Å². The number of aryl methyl sites for hydroxylation is 2. The fourth-order valence-electron chi connectivity index (χ4n) is 2.66. The van der Waals surface area contributed by atoms with Gasteiger partial charge in [-0.15, -0.1) is 0 Å². The summed E-state index contributed by atoms with van der Waals surface area (Å²) in [5.74, 6) is 0.0458. The van der Waals surface area contributed by atoms with E-state index in [9.17, 15) is 4.79 Å². The smallest absolute Gasteiger partial charge is 0.222 e. The Morgan fingerprint density at radius 1 is 1.41 bits per heavy atom. The van der Waals surface area contributed by atoms with Crippen LogP contribution in [0.2, 0.25) is 5.02 Å². The number of aromatic nitrogens is 2. The number of nitrogens with one attached hydrogen (secondary N) is 1. The second-order valence-corrected chi connectivity index (χ2v) is 6.22. The average molecular weight is 329 g/mol. The molecule has 124 valence electrons. The van der Waals surface area contributed by atoms with E-state index in [1.54, 1.807) is 4.68 Å². The van der Waals surface area contributed by atoms with Crippen molar-refractivity contribution in [1.29, 1.82) is 0 Å². The third kappa shape index (κ3) is 4.69. The molecule has 2 heterocycles. The van der Waals surface area contributed by atoms with Crippen molar-refractivity contribution in [2.45, 2.75) is 39.8 Å². The molecule has 22 heavy (non-hydrogen) atoms. The van der Waals surface area contributed by atoms with Crippen LogP contribution in [0.4, 0.5) is 0 Å². The summed E-state index contributed by atoms with van der Waals surface area (Å²) >= 11 is 6.11. The van der Waals surface area contributed by atoms with Crippen molar-refractivity contribution in [3.63, 3.8) is 0 Å². The molecule has 0 saturated carbocycles. The first kappa shape index (κ1) is 17.2. The second kappa shape index (κ2) is 7.94. The van der Waals surface area contributed by atoms with Crippen LogP contribution in [0.15, 0.2) is 0 Å². The molecule has 1 aliphatic heterocycles. The van der Waals surface area contributed by atoms with Crippen molar-refractivity contribution in [1.82, 2.24) is 20.0 Å². The maximum Gasteiger partial charge on any atom is 0.222 e. The first-order valence-corrected chi connectivity index (χ1v) is 8.14. The molecule has 6 nitrogen and oxygen atoms in total. The molecule has 1 fully saturated rings. The van der Waals surface area contributed by atoms with Gasteiger partial charge >= 0.3 is 0 Å². The van der Waals surface area contributed by atoms with Gasteiger partial charge in [-0.3, -0.25) is 14.4 Å². The fourth-order valence-corrected chi connectivity index (χ4v) is 2.80. The summed E-state index contributed by atoms with van der Waals surface area (Å²) in [6.45, 7) is 10.7. The van der Waals surface area contributed by atoms with Crippen molar-refractivity contribution >= 4 is 17.5 Å². The summed E-state index contributed by atoms with van der Waals surface area (Å²) in [4.78, 5) is 14.4. The Labute approximate surface area is 136 Å². The summed E-state index contributed by atoms with van der Waals surface area (Å²) in [7, 11) is 0. The average Bonchev–Trinajstić information content (AvgIpc) is 2.73. The summed E-state index contributed by atoms with van der Waals surface area (Å²) in [6.07, 6.45) is 0.408. The van der Waals surface area contributed by atoms with Gasteiger partial charge in [0.1, 0.15) is 0 Å². The minimum absolute atomic E-state index is 0.0458. The predicted molar refractivity (Wildman–Crippen MR) is 86.2 cm³/mol. The van der Waals surface area contributed by atoms with Gasteiger partial charge in [0.15, 0.2) is 0 Å². The van der Waals surface area contributed by atoms with Gasteiger partial charge in [0.25, 0.3) is 0 Å². The Balaban J connectivity index is 1.73. The minimum Gasteiger partial charge on any atom is -0.379 e. The molecule has 2 rings (SSSR count). The normalized spacial score (nSPS) is 17.5. The molecule has 0 bridgehead atoms. The van der Waals surface area contributed by atoms with E-state index in [2.05, 4.69) is 15.3 Å².